The molecular formula is C22H33Cl2N3O4S. The summed E-state index contributed by atoms with van der Waals surface area (Å²) in [6, 6.07) is 3.06. The van der Waals surface area contributed by atoms with E-state index in [2.05, 4.69) is 11.3 Å². The lowest BCUT2D eigenvalue weighted by molar-refractivity contribution is -0.141. The molecule has 0 radical (unpaired) electrons. The number of carbonyl (C=O) groups excluding carboxylic acids is 1. The van der Waals surface area contributed by atoms with Gasteiger partial charge in [0.15, 0.2) is 0 Å². The third kappa shape index (κ3) is 6.92. The molecule has 0 bridgehead atoms. The average Bonchev–Trinajstić information content (AvgIpc) is 2.76. The molecule has 180 valence electrons. The number of amides is 1. The SMILES string of the molecule is C=CCOc1cc(Cl)c(Cl)cc1[C@H](N[S@@](=O)C(C)(C)C)C1CCN(C(=O)C(O)CN)CC1. The van der Waals surface area contributed by atoms with Crippen LogP contribution in [0.25, 0.3) is 0 Å². The van der Waals surface area contributed by atoms with Crippen LogP contribution in [0, 0.1) is 5.92 Å². The standard InChI is InChI=1S/C22H33Cl2N3O4S/c1-5-10-31-19-12-17(24)16(23)11-15(19)20(26-32(30)22(2,3)4)14-6-8-27(9-7-14)21(29)18(28)13-25/h5,11-12,14,18,20,26,28H,1,6-10,13,25H2,2-4H3/t18?,20-,32+/m1/s1. The summed E-state index contributed by atoms with van der Waals surface area (Å²) >= 11 is 12.6. The fourth-order valence-electron chi connectivity index (χ4n) is 3.53. The second-order valence-corrected chi connectivity index (χ2v) is 11.6. The van der Waals surface area contributed by atoms with E-state index in [1.54, 1.807) is 23.1 Å². The van der Waals surface area contributed by atoms with Crippen LogP contribution in [0.4, 0.5) is 0 Å². The van der Waals surface area contributed by atoms with Gasteiger partial charge in [-0.3, -0.25) is 4.79 Å². The Morgan fingerprint density at radius 2 is 1.97 bits per heavy atom. The largest absolute Gasteiger partial charge is 0.489 e. The zero-order valence-corrected chi connectivity index (χ0v) is 21.1. The van der Waals surface area contributed by atoms with Gasteiger partial charge >= 0.3 is 0 Å². The molecule has 1 aromatic carbocycles. The zero-order chi connectivity index (χ0) is 24.1. The first-order chi connectivity index (χ1) is 15.0. The van der Waals surface area contributed by atoms with Crippen LogP contribution in [0.3, 0.4) is 0 Å². The smallest absolute Gasteiger partial charge is 0.252 e. The lowest BCUT2D eigenvalue weighted by Gasteiger charge is -2.38. The maximum absolute atomic E-state index is 13.0. The predicted octanol–water partition coefficient (Wildman–Crippen LogP) is 3.21. The molecule has 0 aromatic heterocycles. The molecule has 10 heteroatoms. The van der Waals surface area contributed by atoms with Gasteiger partial charge in [0.1, 0.15) is 18.5 Å². The van der Waals surface area contributed by atoms with E-state index in [1.165, 1.54) is 0 Å². The van der Waals surface area contributed by atoms with Gasteiger partial charge in [-0.25, -0.2) is 8.93 Å². The van der Waals surface area contributed by atoms with Gasteiger partial charge < -0.3 is 20.5 Å². The minimum Gasteiger partial charge on any atom is -0.489 e. The molecule has 0 spiro atoms. The van der Waals surface area contributed by atoms with Crippen molar-refractivity contribution in [3.8, 4) is 5.75 Å². The number of benzene rings is 1. The van der Waals surface area contributed by atoms with E-state index in [0.717, 1.165) is 5.56 Å². The maximum Gasteiger partial charge on any atom is 0.252 e. The van der Waals surface area contributed by atoms with Crippen molar-refractivity contribution < 1.29 is 18.8 Å². The minimum atomic E-state index is -1.36. The van der Waals surface area contributed by atoms with Crippen molar-refractivity contribution in [2.24, 2.45) is 11.7 Å². The summed E-state index contributed by atoms with van der Waals surface area (Å²) in [6.07, 6.45) is 1.73. The highest BCUT2D eigenvalue weighted by Gasteiger charge is 2.35. The quantitative estimate of drug-likeness (QED) is 0.446. The van der Waals surface area contributed by atoms with E-state index in [1.807, 2.05) is 20.8 Å². The lowest BCUT2D eigenvalue weighted by atomic mass is 9.85. The number of aliphatic hydroxyl groups is 1. The van der Waals surface area contributed by atoms with Crippen molar-refractivity contribution in [2.45, 2.75) is 50.5 Å². The van der Waals surface area contributed by atoms with Gasteiger partial charge in [0, 0.05) is 31.3 Å². The normalized spacial score (nSPS) is 18.2. The van der Waals surface area contributed by atoms with E-state index >= 15 is 0 Å². The van der Waals surface area contributed by atoms with Gasteiger partial charge in [-0.15, -0.1) is 0 Å². The second-order valence-electron chi connectivity index (χ2n) is 8.79. The molecule has 1 aromatic rings. The lowest BCUT2D eigenvalue weighted by Crippen LogP contribution is -2.48. The van der Waals surface area contributed by atoms with Crippen molar-refractivity contribution in [2.75, 3.05) is 26.2 Å². The number of carbonyl (C=O) groups is 1. The minimum absolute atomic E-state index is 0.0451. The van der Waals surface area contributed by atoms with Gasteiger partial charge in [0.2, 0.25) is 0 Å². The number of nitrogens with zero attached hydrogens (tertiary/aromatic N) is 1. The number of nitrogens with one attached hydrogen (secondary N) is 1. The molecule has 3 atom stereocenters. The van der Waals surface area contributed by atoms with Crippen LogP contribution in [0.1, 0.15) is 45.2 Å². The Labute approximate surface area is 202 Å². The molecule has 1 saturated heterocycles. The highest BCUT2D eigenvalue weighted by atomic mass is 35.5. The Hall–Kier alpha value is -1.16. The van der Waals surface area contributed by atoms with Crippen LogP contribution < -0.4 is 15.2 Å². The number of nitrogens with two attached hydrogens (primary N) is 1. The Bertz CT molecular complexity index is 839. The monoisotopic (exact) mass is 505 g/mol. The molecule has 1 unspecified atom stereocenters. The highest BCUT2D eigenvalue weighted by Crippen LogP contribution is 2.40. The second kappa shape index (κ2) is 11.8. The van der Waals surface area contributed by atoms with Gasteiger partial charge in [-0.2, -0.15) is 0 Å². The third-order valence-electron chi connectivity index (χ3n) is 5.37. The first-order valence-electron chi connectivity index (χ1n) is 10.6. The summed E-state index contributed by atoms with van der Waals surface area (Å²) in [5.41, 5.74) is 6.18. The van der Waals surface area contributed by atoms with E-state index in [9.17, 15) is 14.1 Å². The number of halogens is 2. The van der Waals surface area contributed by atoms with Crippen molar-refractivity contribution >= 4 is 40.1 Å². The van der Waals surface area contributed by atoms with Crippen molar-refractivity contribution in [1.29, 1.82) is 0 Å². The van der Waals surface area contributed by atoms with E-state index in [-0.39, 0.29) is 31.0 Å². The number of likely N-dealkylation sites (tertiary alicyclic amines) is 1. The Balaban J connectivity index is 2.36. The molecule has 4 N–H and O–H groups in total. The molecular weight excluding hydrogens is 473 g/mol. The average molecular weight is 506 g/mol. The molecule has 2 rings (SSSR count). The maximum atomic E-state index is 13.0. The summed E-state index contributed by atoms with van der Waals surface area (Å²) in [4.78, 5) is 13.9. The van der Waals surface area contributed by atoms with Gasteiger partial charge in [0.05, 0.1) is 31.8 Å². The van der Waals surface area contributed by atoms with Crippen LogP contribution in [0.15, 0.2) is 24.8 Å². The Kier molecular flexibility index (Phi) is 10.00. The number of piperidine rings is 1. The molecule has 1 amide bonds. The summed E-state index contributed by atoms with van der Waals surface area (Å²) in [5, 5.41) is 10.5. The molecule has 1 heterocycles. The number of hydrogen-bond donors (Lipinski definition) is 3. The summed E-state index contributed by atoms with van der Waals surface area (Å²) in [7, 11) is -1.36. The van der Waals surface area contributed by atoms with E-state index < -0.39 is 21.8 Å². The number of hydrogen-bond acceptors (Lipinski definition) is 5. The van der Waals surface area contributed by atoms with Gasteiger partial charge in [-0.05, 0) is 45.6 Å². The molecule has 1 fully saturated rings. The molecule has 32 heavy (non-hydrogen) atoms. The first kappa shape index (κ1) is 27.1. The number of ether oxygens (including phenoxy) is 1. The molecule has 0 aliphatic carbocycles. The van der Waals surface area contributed by atoms with Gasteiger partial charge in [0.25, 0.3) is 5.91 Å². The van der Waals surface area contributed by atoms with Crippen molar-refractivity contribution in [1.82, 2.24) is 9.62 Å². The van der Waals surface area contributed by atoms with E-state index in [4.69, 9.17) is 33.7 Å². The summed E-state index contributed by atoms with van der Waals surface area (Å²) < 4.78 is 21.7. The zero-order valence-electron chi connectivity index (χ0n) is 18.8. The number of aliphatic hydroxyl groups excluding tert-OH is 1. The van der Waals surface area contributed by atoms with E-state index in [0.29, 0.717) is 41.7 Å². The van der Waals surface area contributed by atoms with Crippen molar-refractivity contribution in [3.63, 3.8) is 0 Å². The Morgan fingerprint density at radius 3 is 2.50 bits per heavy atom. The highest BCUT2D eigenvalue weighted by molar-refractivity contribution is 7.84. The topological polar surface area (TPSA) is 105 Å². The summed E-state index contributed by atoms with van der Waals surface area (Å²) in [6.45, 7) is 10.5. The van der Waals surface area contributed by atoms with Crippen LogP contribution >= 0.6 is 23.2 Å². The fourth-order valence-corrected chi connectivity index (χ4v) is 4.76. The molecule has 0 saturated carbocycles. The molecule has 1 aliphatic heterocycles. The molecule has 1 aliphatic rings. The van der Waals surface area contributed by atoms with Crippen LogP contribution in [0.5, 0.6) is 5.75 Å². The number of rotatable bonds is 9. The van der Waals surface area contributed by atoms with Crippen LogP contribution in [-0.2, 0) is 15.8 Å². The van der Waals surface area contributed by atoms with Crippen molar-refractivity contribution in [3.05, 3.63) is 40.4 Å². The molecule has 7 nitrogen and oxygen atoms in total. The summed E-state index contributed by atoms with van der Waals surface area (Å²) in [5.74, 6) is 0.224. The van der Waals surface area contributed by atoms with Crippen LogP contribution in [0.2, 0.25) is 10.0 Å². The Morgan fingerprint density at radius 1 is 1.38 bits per heavy atom. The predicted molar refractivity (Wildman–Crippen MR) is 130 cm³/mol. The third-order valence-corrected chi connectivity index (χ3v) is 7.67. The first-order valence-corrected chi connectivity index (χ1v) is 12.5. The fraction of sp³-hybridized carbons (Fsp3) is 0.591. The van der Waals surface area contributed by atoms with Crippen LogP contribution in [-0.4, -0.2) is 57.2 Å². The van der Waals surface area contributed by atoms with Gasteiger partial charge in [-0.1, -0.05) is 35.9 Å².